The van der Waals surface area contributed by atoms with Crippen molar-refractivity contribution >= 4 is 81.7 Å². The van der Waals surface area contributed by atoms with Crippen LogP contribution < -0.4 is 10.2 Å². The number of Topliss-reactive ketones (excluding diaryl/α,β-unsaturated/α-hetero) is 2. The minimum atomic E-state index is -3.75. The normalized spacial score (nSPS) is 13.1. The van der Waals surface area contributed by atoms with E-state index in [0.717, 1.165) is 36.4 Å². The fraction of sp³-hybridized carbons (Fsp3) is 0.213. The van der Waals surface area contributed by atoms with Gasteiger partial charge in [0.05, 0.1) is 90.7 Å². The van der Waals surface area contributed by atoms with Crippen molar-refractivity contribution in [3.05, 3.63) is 130 Å². The second kappa shape index (κ2) is 18.5. The van der Waals surface area contributed by atoms with Gasteiger partial charge in [0, 0.05) is 72.1 Å². The van der Waals surface area contributed by atoms with Gasteiger partial charge in [-0.2, -0.15) is 0 Å². The molecular weight excluding hydrogens is 922 g/mol. The number of anilines is 3. The Labute approximate surface area is 382 Å². The third-order valence-corrected chi connectivity index (χ3v) is 13.7. The Morgan fingerprint density at radius 1 is 0.682 bits per heavy atom. The van der Waals surface area contributed by atoms with Crippen LogP contribution in [0.15, 0.2) is 88.9 Å². The van der Waals surface area contributed by atoms with Gasteiger partial charge in [0.2, 0.25) is 0 Å². The number of fused-ring (bicyclic) bond motifs is 2. The number of aromatic nitrogens is 3. The lowest BCUT2D eigenvalue weighted by molar-refractivity contribution is 0.100. The molecule has 1 aliphatic heterocycles. The Hall–Kier alpha value is -6.34. The van der Waals surface area contributed by atoms with E-state index in [1.807, 2.05) is 6.07 Å². The molecule has 1 aliphatic rings. The van der Waals surface area contributed by atoms with Crippen molar-refractivity contribution in [3.63, 3.8) is 0 Å². The Morgan fingerprint density at radius 2 is 1.17 bits per heavy atom. The van der Waals surface area contributed by atoms with Crippen molar-refractivity contribution < 1.29 is 48.7 Å². The molecule has 66 heavy (non-hydrogen) atoms. The first-order valence-corrected chi connectivity index (χ1v) is 24.2. The number of carbonyl (C=O) groups excluding carboxylic acids is 2. The van der Waals surface area contributed by atoms with Gasteiger partial charge in [-0.25, -0.2) is 44.4 Å². The van der Waals surface area contributed by atoms with Gasteiger partial charge in [-0.1, -0.05) is 23.7 Å². The van der Waals surface area contributed by atoms with Crippen LogP contribution in [-0.4, -0.2) is 82.2 Å². The van der Waals surface area contributed by atoms with Gasteiger partial charge in [0.25, 0.3) is 0 Å². The van der Waals surface area contributed by atoms with E-state index < -0.39 is 42.9 Å². The Kier molecular flexibility index (Phi) is 13.4. The topological polar surface area (TPSA) is 166 Å². The summed E-state index contributed by atoms with van der Waals surface area (Å²) in [7, 11) is -7.41. The minimum Gasteiger partial charge on any atom is -0.378 e. The van der Waals surface area contributed by atoms with E-state index in [9.17, 15) is 39.6 Å². The van der Waals surface area contributed by atoms with Gasteiger partial charge in [0.15, 0.2) is 31.2 Å². The van der Waals surface area contributed by atoms with Gasteiger partial charge in [-0.3, -0.25) is 14.6 Å². The second-order valence-electron chi connectivity index (χ2n) is 15.7. The smallest absolute Gasteiger partial charge is 0.176 e. The molecule has 0 spiro atoms. The van der Waals surface area contributed by atoms with Crippen molar-refractivity contribution in [3.8, 4) is 22.5 Å². The Balaban J connectivity index is 0.000000210. The summed E-state index contributed by atoms with van der Waals surface area (Å²) >= 11 is 6.29. The predicted molar refractivity (Wildman–Crippen MR) is 245 cm³/mol. The monoisotopic (exact) mass is 961 g/mol. The van der Waals surface area contributed by atoms with Crippen LogP contribution in [0.2, 0.25) is 5.02 Å². The summed E-state index contributed by atoms with van der Waals surface area (Å²) in [5, 5.41) is 3.21. The highest BCUT2D eigenvalue weighted by molar-refractivity contribution is 7.91. The average Bonchev–Trinajstić information content (AvgIpc) is 3.25. The van der Waals surface area contributed by atoms with Crippen molar-refractivity contribution in [2.75, 3.05) is 49.0 Å². The van der Waals surface area contributed by atoms with Crippen molar-refractivity contribution in [1.82, 2.24) is 15.0 Å². The number of morpholine rings is 1. The van der Waals surface area contributed by atoms with E-state index >= 15 is 4.39 Å². The van der Waals surface area contributed by atoms with Crippen LogP contribution in [0.3, 0.4) is 0 Å². The maximum Gasteiger partial charge on any atom is 0.176 e. The number of ketones is 2. The molecule has 3 aromatic heterocycles. The molecule has 0 unspecified atom stereocenters. The Morgan fingerprint density at radius 3 is 1.67 bits per heavy atom. The highest BCUT2D eigenvalue weighted by Crippen LogP contribution is 2.41. The van der Waals surface area contributed by atoms with E-state index in [-0.39, 0.29) is 87.5 Å². The van der Waals surface area contributed by atoms with E-state index in [4.69, 9.17) is 16.3 Å². The van der Waals surface area contributed by atoms with Crippen LogP contribution in [-0.2, 0) is 24.4 Å². The van der Waals surface area contributed by atoms with Crippen LogP contribution in [0, 0.1) is 37.1 Å². The summed E-state index contributed by atoms with van der Waals surface area (Å²) in [6.07, 6.45) is 5.38. The fourth-order valence-corrected chi connectivity index (χ4v) is 9.61. The summed E-state index contributed by atoms with van der Waals surface area (Å²) in [5.41, 5.74) is 3.53. The molecular formula is C47H40ClF4N5O7S2. The molecule has 4 heterocycles. The number of hydrogen-bond acceptors (Lipinski definition) is 12. The molecule has 0 aliphatic carbocycles. The van der Waals surface area contributed by atoms with Crippen molar-refractivity contribution in [2.45, 2.75) is 37.5 Å². The fourth-order valence-electron chi connectivity index (χ4n) is 7.60. The van der Waals surface area contributed by atoms with Crippen LogP contribution in [0.5, 0.6) is 0 Å². The highest BCUT2D eigenvalue weighted by Gasteiger charge is 2.25. The molecule has 0 atom stereocenters. The molecule has 1 N–H and O–H groups in total. The maximum atomic E-state index is 15.2. The maximum absolute atomic E-state index is 15.2. The second-order valence-corrected chi connectivity index (χ2v) is 20.0. The lowest BCUT2D eigenvalue weighted by atomic mass is 9.99. The third-order valence-electron chi connectivity index (χ3n) is 10.9. The van der Waals surface area contributed by atoms with Crippen molar-refractivity contribution in [2.24, 2.45) is 0 Å². The minimum absolute atomic E-state index is 0.000166. The number of hydrogen-bond donors (Lipinski definition) is 1. The molecule has 0 saturated carbocycles. The molecule has 8 rings (SSSR count). The molecule has 19 heteroatoms. The number of carbonyl (C=O) groups is 2. The summed E-state index contributed by atoms with van der Waals surface area (Å²) < 4.78 is 113. The zero-order chi connectivity index (χ0) is 48.0. The number of rotatable bonds is 9. The zero-order valence-electron chi connectivity index (χ0n) is 36.2. The van der Waals surface area contributed by atoms with Gasteiger partial charge >= 0.3 is 0 Å². The largest absolute Gasteiger partial charge is 0.378 e. The van der Waals surface area contributed by atoms with E-state index in [1.165, 1.54) is 50.2 Å². The quantitative estimate of drug-likeness (QED) is 0.108. The molecule has 7 aromatic rings. The first-order valence-electron chi connectivity index (χ1n) is 20.0. The number of benzene rings is 4. The van der Waals surface area contributed by atoms with E-state index in [1.54, 1.807) is 26.2 Å². The van der Waals surface area contributed by atoms with Gasteiger partial charge in [0.1, 0.15) is 23.3 Å². The summed E-state index contributed by atoms with van der Waals surface area (Å²) in [5.74, 6) is -3.89. The van der Waals surface area contributed by atoms with Crippen LogP contribution >= 0.6 is 11.6 Å². The van der Waals surface area contributed by atoms with Crippen LogP contribution in [0.4, 0.5) is 34.6 Å². The molecule has 12 nitrogen and oxygen atoms in total. The summed E-state index contributed by atoms with van der Waals surface area (Å²) in [6.45, 7) is 8.51. The van der Waals surface area contributed by atoms with Crippen LogP contribution in [0.1, 0.15) is 45.7 Å². The molecule has 0 amide bonds. The Bertz CT molecular complexity index is 3390. The molecule has 342 valence electrons. The highest BCUT2D eigenvalue weighted by atomic mass is 35.5. The number of sulfone groups is 2. The molecule has 0 radical (unpaired) electrons. The number of halogens is 5. The van der Waals surface area contributed by atoms with Gasteiger partial charge in [-0.15, -0.1) is 0 Å². The van der Waals surface area contributed by atoms with Crippen LogP contribution in [0.25, 0.3) is 44.3 Å². The third kappa shape index (κ3) is 9.77. The van der Waals surface area contributed by atoms with E-state index in [0.29, 0.717) is 49.2 Å². The molecule has 1 fully saturated rings. The lowest BCUT2D eigenvalue weighted by Crippen LogP contribution is -2.36. The van der Waals surface area contributed by atoms with Gasteiger partial charge < -0.3 is 15.0 Å². The molecule has 4 aromatic carbocycles. The lowest BCUT2D eigenvalue weighted by Gasteiger charge is -2.28. The summed E-state index contributed by atoms with van der Waals surface area (Å²) in [6, 6.07) is 13.8. The number of pyridine rings is 3. The number of nitrogens with one attached hydrogen (secondary N) is 1. The molecule has 1 saturated heterocycles. The molecule has 0 bridgehead atoms. The zero-order valence-corrected chi connectivity index (χ0v) is 38.6. The first-order chi connectivity index (χ1) is 31.0. The first kappa shape index (κ1) is 47.6. The van der Waals surface area contributed by atoms with Crippen molar-refractivity contribution in [1.29, 1.82) is 0 Å². The van der Waals surface area contributed by atoms with E-state index in [2.05, 4.69) is 25.2 Å². The predicted octanol–water partition coefficient (Wildman–Crippen LogP) is 9.82. The average molecular weight is 962 g/mol. The SMILES string of the molecule is CC(=O)c1ccc(S(C)(=O)=O)c(-c2nc3cc(F)cc(F)c3c(Cl)c2C)c1.CC(=O)c1ccc(S(C)(=O)=O)c(-c2nc3cc(F)cc(F)c3c(Nc3cncc(N4CCOCC4)c3)c2C)c1. The summed E-state index contributed by atoms with van der Waals surface area (Å²) in [4.78, 5) is 39.0. The number of ether oxygens (including phenoxy) is 1. The standard InChI is InChI=1S/C28H26F2N4O4S.C19H14ClF2NO3S/c1-16-27(22-10-18(17(2)35)4-5-25(22)39(3,36)37)33-24-12-19(29)11-23(30)26(24)28(16)32-20-13-21(15-31-14-20)34-6-8-38-9-7-34;1-9-18(20)17-14(22)7-12(21)8-15(17)23-19(9)13-6-11(10(2)24)4-5-16(13)27(3,25)26/h4-5,10-15H,6-9H2,1-3H3,(H,32,33);4-8H,1-3H3. The number of nitrogens with zero attached hydrogens (tertiary/aromatic N) is 4. The van der Waals surface area contributed by atoms with Gasteiger partial charge in [-0.05, 0) is 69.2 Å².